The van der Waals surface area contributed by atoms with Crippen molar-refractivity contribution in [3.63, 3.8) is 0 Å². The predicted octanol–water partition coefficient (Wildman–Crippen LogP) is 12.2. The van der Waals surface area contributed by atoms with E-state index < -0.39 is 0 Å². The number of fused-ring (bicyclic) bond motifs is 7. The third-order valence-electron chi connectivity index (χ3n) is 8.80. The van der Waals surface area contributed by atoms with Gasteiger partial charge in [0, 0.05) is 27.5 Å². The zero-order valence-electron chi connectivity index (χ0n) is 23.9. The van der Waals surface area contributed by atoms with Gasteiger partial charge in [0.1, 0.15) is 11.2 Å². The molecule has 0 saturated carbocycles. The van der Waals surface area contributed by atoms with Crippen LogP contribution in [-0.2, 0) is 0 Å². The van der Waals surface area contributed by atoms with Crippen molar-refractivity contribution in [2.75, 3.05) is 4.90 Å². The number of hydrogen-bond donors (Lipinski definition) is 0. The first-order valence-corrected chi connectivity index (χ1v) is 15.0. The lowest BCUT2D eigenvalue weighted by Crippen LogP contribution is -2.10. The summed E-state index contributed by atoms with van der Waals surface area (Å²) in [6.45, 7) is 0. The number of anilines is 3. The quantitative estimate of drug-likeness (QED) is 0.199. The van der Waals surface area contributed by atoms with Crippen LogP contribution in [0, 0.1) is 0 Å². The molecule has 206 valence electrons. The van der Waals surface area contributed by atoms with E-state index >= 15 is 0 Å². The van der Waals surface area contributed by atoms with Gasteiger partial charge in [-0.15, -0.1) is 0 Å². The van der Waals surface area contributed by atoms with Crippen LogP contribution in [-0.4, -0.2) is 0 Å². The average molecular weight is 562 g/mol. The van der Waals surface area contributed by atoms with E-state index in [1.807, 2.05) is 12.1 Å². The summed E-state index contributed by atoms with van der Waals surface area (Å²) in [4.78, 5) is 2.39. The highest BCUT2D eigenvalue weighted by atomic mass is 16.3. The van der Waals surface area contributed by atoms with E-state index in [4.69, 9.17) is 4.42 Å². The monoisotopic (exact) mass is 561 g/mol. The van der Waals surface area contributed by atoms with Crippen molar-refractivity contribution in [2.45, 2.75) is 0 Å². The summed E-state index contributed by atoms with van der Waals surface area (Å²) in [5.41, 5.74) is 7.50. The average Bonchev–Trinajstić information content (AvgIpc) is 3.45. The Kier molecular flexibility index (Phi) is 5.54. The Hall–Kier alpha value is -5.86. The molecule has 0 atom stereocenters. The third-order valence-corrected chi connectivity index (χ3v) is 8.80. The number of para-hydroxylation sites is 1. The van der Waals surface area contributed by atoms with Crippen LogP contribution in [0.2, 0.25) is 0 Å². The molecule has 0 unspecified atom stereocenters. The minimum atomic E-state index is 0.897. The van der Waals surface area contributed by atoms with Crippen LogP contribution in [0.3, 0.4) is 0 Å². The zero-order chi connectivity index (χ0) is 29.0. The Labute approximate surface area is 255 Å². The van der Waals surface area contributed by atoms with Gasteiger partial charge in [0.15, 0.2) is 0 Å². The molecule has 2 heteroatoms. The second kappa shape index (κ2) is 9.86. The van der Waals surface area contributed by atoms with E-state index in [2.05, 4.69) is 157 Å². The fraction of sp³-hybridized carbons (Fsp3) is 0. The Morgan fingerprint density at radius 2 is 1.02 bits per heavy atom. The number of rotatable bonds is 4. The van der Waals surface area contributed by atoms with Crippen molar-refractivity contribution in [3.05, 3.63) is 164 Å². The molecule has 0 saturated heterocycles. The van der Waals surface area contributed by atoms with Gasteiger partial charge < -0.3 is 9.32 Å². The lowest BCUT2D eigenvalue weighted by Gasteiger charge is -2.28. The van der Waals surface area contributed by atoms with E-state index in [1.165, 1.54) is 38.1 Å². The summed E-state index contributed by atoms with van der Waals surface area (Å²) in [6.07, 6.45) is 0. The van der Waals surface area contributed by atoms with Gasteiger partial charge in [0.25, 0.3) is 0 Å². The Balaban J connectivity index is 1.33. The molecule has 0 aliphatic heterocycles. The molecule has 9 aromatic rings. The number of benzene rings is 8. The Morgan fingerprint density at radius 3 is 1.93 bits per heavy atom. The van der Waals surface area contributed by atoms with Crippen molar-refractivity contribution < 1.29 is 4.42 Å². The van der Waals surface area contributed by atoms with E-state index in [9.17, 15) is 0 Å². The summed E-state index contributed by atoms with van der Waals surface area (Å²) in [7, 11) is 0. The molecule has 0 fully saturated rings. The van der Waals surface area contributed by atoms with E-state index in [-0.39, 0.29) is 0 Å². The topological polar surface area (TPSA) is 16.4 Å². The standard InChI is InChI=1S/C42H27NO/c1-2-10-28(11-3-1)31-13-8-15-33(24-31)43(34-23-22-30-21-20-29-12-4-5-16-35(29)37(30)26-34)40-18-9-14-32-25-39-36-17-6-7-19-41(36)44-42(39)27-38(32)40/h1-27H. The van der Waals surface area contributed by atoms with Crippen LogP contribution in [0.1, 0.15) is 0 Å². The minimum Gasteiger partial charge on any atom is -0.456 e. The summed E-state index contributed by atoms with van der Waals surface area (Å²) in [5.74, 6) is 0. The highest BCUT2D eigenvalue weighted by Crippen LogP contribution is 2.43. The molecule has 0 N–H and O–H groups in total. The minimum absolute atomic E-state index is 0.897. The molecule has 0 radical (unpaired) electrons. The lowest BCUT2D eigenvalue weighted by atomic mass is 9.99. The first-order valence-electron chi connectivity index (χ1n) is 15.0. The van der Waals surface area contributed by atoms with Crippen molar-refractivity contribution in [1.82, 2.24) is 0 Å². The molecule has 1 heterocycles. The normalized spacial score (nSPS) is 11.6. The molecular weight excluding hydrogens is 534 g/mol. The van der Waals surface area contributed by atoms with Crippen molar-refractivity contribution in [1.29, 1.82) is 0 Å². The van der Waals surface area contributed by atoms with Gasteiger partial charge in [0.2, 0.25) is 0 Å². The number of nitrogens with zero attached hydrogens (tertiary/aromatic N) is 1. The van der Waals surface area contributed by atoms with Crippen LogP contribution < -0.4 is 4.90 Å². The molecule has 0 aliphatic rings. The first kappa shape index (κ1) is 24.7. The van der Waals surface area contributed by atoms with Crippen LogP contribution in [0.4, 0.5) is 17.1 Å². The van der Waals surface area contributed by atoms with Crippen LogP contribution in [0.15, 0.2) is 168 Å². The SMILES string of the molecule is c1ccc(-c2cccc(N(c3ccc4ccc5ccccc5c4c3)c3cccc4cc5c(cc34)oc3ccccc35)c2)cc1. The molecule has 2 nitrogen and oxygen atoms in total. The lowest BCUT2D eigenvalue weighted by molar-refractivity contribution is 0.669. The molecule has 0 amide bonds. The smallest absolute Gasteiger partial charge is 0.136 e. The maximum Gasteiger partial charge on any atom is 0.136 e. The van der Waals surface area contributed by atoms with Gasteiger partial charge in [-0.3, -0.25) is 0 Å². The fourth-order valence-corrected chi connectivity index (χ4v) is 6.69. The summed E-state index contributed by atoms with van der Waals surface area (Å²) in [6, 6.07) is 58.7. The summed E-state index contributed by atoms with van der Waals surface area (Å²) in [5, 5.41) is 9.57. The third kappa shape index (κ3) is 3.96. The molecule has 44 heavy (non-hydrogen) atoms. The van der Waals surface area contributed by atoms with Crippen LogP contribution in [0.5, 0.6) is 0 Å². The molecule has 9 rings (SSSR count). The van der Waals surface area contributed by atoms with Gasteiger partial charge in [-0.05, 0) is 86.6 Å². The molecule has 1 aromatic heterocycles. The van der Waals surface area contributed by atoms with E-state index in [0.29, 0.717) is 0 Å². The van der Waals surface area contributed by atoms with Gasteiger partial charge in [0.05, 0.1) is 5.69 Å². The largest absolute Gasteiger partial charge is 0.456 e. The summed E-state index contributed by atoms with van der Waals surface area (Å²) < 4.78 is 6.37. The van der Waals surface area contributed by atoms with Gasteiger partial charge >= 0.3 is 0 Å². The first-order chi connectivity index (χ1) is 21.8. The fourth-order valence-electron chi connectivity index (χ4n) is 6.69. The van der Waals surface area contributed by atoms with Crippen LogP contribution >= 0.6 is 0 Å². The maximum absolute atomic E-state index is 6.37. The van der Waals surface area contributed by atoms with Gasteiger partial charge in [-0.25, -0.2) is 0 Å². The Morgan fingerprint density at radius 1 is 0.341 bits per heavy atom. The highest BCUT2D eigenvalue weighted by Gasteiger charge is 2.19. The zero-order valence-corrected chi connectivity index (χ0v) is 23.9. The van der Waals surface area contributed by atoms with E-state index in [0.717, 1.165) is 44.4 Å². The molecular formula is C42H27NO. The number of hydrogen-bond acceptors (Lipinski definition) is 2. The van der Waals surface area contributed by atoms with E-state index in [1.54, 1.807) is 0 Å². The van der Waals surface area contributed by atoms with Gasteiger partial charge in [-0.1, -0.05) is 115 Å². The van der Waals surface area contributed by atoms with Crippen molar-refractivity contribution >= 4 is 71.3 Å². The van der Waals surface area contributed by atoms with Crippen molar-refractivity contribution in [2.24, 2.45) is 0 Å². The van der Waals surface area contributed by atoms with Crippen molar-refractivity contribution in [3.8, 4) is 11.1 Å². The number of furan rings is 1. The molecule has 0 spiro atoms. The second-order valence-corrected chi connectivity index (χ2v) is 11.4. The molecule has 8 aromatic carbocycles. The van der Waals surface area contributed by atoms with Gasteiger partial charge in [-0.2, -0.15) is 0 Å². The molecule has 0 aliphatic carbocycles. The second-order valence-electron chi connectivity index (χ2n) is 11.4. The highest BCUT2D eigenvalue weighted by molar-refractivity contribution is 6.14. The van der Waals surface area contributed by atoms with Crippen LogP contribution in [0.25, 0.3) is 65.4 Å². The molecule has 0 bridgehead atoms. The Bertz CT molecular complexity index is 2510. The maximum atomic E-state index is 6.37. The predicted molar refractivity (Wildman–Crippen MR) is 186 cm³/mol. The summed E-state index contributed by atoms with van der Waals surface area (Å²) >= 11 is 0.